The lowest BCUT2D eigenvalue weighted by Gasteiger charge is -2.18. The van der Waals surface area contributed by atoms with Gasteiger partial charge in [0.1, 0.15) is 13.2 Å². The number of rotatable bonds is 50. The molecule has 0 aliphatic carbocycles. The minimum atomic E-state index is -0.763. The van der Waals surface area contributed by atoms with Crippen LogP contribution in [0.4, 0.5) is 0 Å². The van der Waals surface area contributed by atoms with Crippen LogP contribution in [0.5, 0.6) is 0 Å². The number of hydrogen-bond acceptors (Lipinski definition) is 6. The highest BCUT2D eigenvalue weighted by molar-refractivity contribution is 5.71. The maximum atomic E-state index is 12.8. The van der Waals surface area contributed by atoms with E-state index in [2.05, 4.69) is 41.5 Å². The van der Waals surface area contributed by atoms with Crippen LogP contribution >= 0.6 is 0 Å². The van der Waals surface area contributed by atoms with E-state index in [1.807, 2.05) is 0 Å². The molecule has 0 saturated carbocycles. The van der Waals surface area contributed by atoms with Gasteiger partial charge in [0.15, 0.2) is 6.10 Å². The van der Waals surface area contributed by atoms with Gasteiger partial charge in [-0.1, -0.05) is 273 Å². The van der Waals surface area contributed by atoms with E-state index < -0.39 is 6.10 Å². The van der Waals surface area contributed by atoms with E-state index in [9.17, 15) is 14.4 Å². The molecule has 6 heteroatoms. The third-order valence-electron chi connectivity index (χ3n) is 13.3. The Kier molecular flexibility index (Phi) is 47.1. The van der Waals surface area contributed by atoms with Gasteiger partial charge in [0, 0.05) is 19.3 Å². The van der Waals surface area contributed by atoms with Gasteiger partial charge in [-0.15, -0.1) is 0 Å². The third kappa shape index (κ3) is 49.7. The van der Waals surface area contributed by atoms with Crippen LogP contribution < -0.4 is 0 Å². The fourth-order valence-electron chi connectivity index (χ4n) is 8.61. The monoisotopic (exact) mass is 891 g/mol. The molecule has 0 aliphatic rings. The van der Waals surface area contributed by atoms with Gasteiger partial charge in [0.2, 0.25) is 0 Å². The van der Waals surface area contributed by atoms with Gasteiger partial charge in [0.05, 0.1) is 0 Å². The van der Waals surface area contributed by atoms with Crippen LogP contribution in [-0.2, 0) is 28.6 Å². The van der Waals surface area contributed by atoms with Crippen molar-refractivity contribution in [3.05, 3.63) is 0 Å². The van der Waals surface area contributed by atoms with E-state index in [4.69, 9.17) is 14.2 Å². The lowest BCUT2D eigenvalue weighted by molar-refractivity contribution is -0.167. The van der Waals surface area contributed by atoms with Crippen LogP contribution in [-0.4, -0.2) is 37.2 Å². The molecule has 0 radical (unpaired) electrons. The van der Waals surface area contributed by atoms with Gasteiger partial charge >= 0.3 is 17.9 Å². The maximum absolute atomic E-state index is 12.8. The zero-order valence-electron chi connectivity index (χ0n) is 43.4. The Morgan fingerprint density at radius 2 is 0.556 bits per heavy atom. The first kappa shape index (κ1) is 61.4. The second-order valence-electron chi connectivity index (χ2n) is 20.8. The SMILES string of the molecule is CCC(C)CCCCCCCCCCCCC(=O)OC[C@@H](COC(=O)CCCCCCCCCCCCCCC(C)C)OC(=O)CCCCCCCCCCCCCCCC(C)C. The van der Waals surface area contributed by atoms with E-state index in [1.165, 1.54) is 193 Å². The van der Waals surface area contributed by atoms with Crippen molar-refractivity contribution in [3.63, 3.8) is 0 Å². The first-order valence-corrected chi connectivity index (χ1v) is 28.1. The maximum Gasteiger partial charge on any atom is 0.306 e. The van der Waals surface area contributed by atoms with Gasteiger partial charge in [-0.25, -0.2) is 0 Å². The fraction of sp³-hybridized carbons (Fsp3) is 0.947. The first-order chi connectivity index (χ1) is 30.6. The molecule has 2 atom stereocenters. The zero-order valence-corrected chi connectivity index (χ0v) is 43.4. The molecule has 0 aliphatic heterocycles. The molecule has 6 nitrogen and oxygen atoms in total. The molecule has 374 valence electrons. The molecule has 0 saturated heterocycles. The molecule has 0 amide bonds. The summed E-state index contributed by atoms with van der Waals surface area (Å²) in [6.45, 7) is 13.8. The van der Waals surface area contributed by atoms with Crippen LogP contribution in [0.25, 0.3) is 0 Å². The largest absolute Gasteiger partial charge is 0.462 e. The second kappa shape index (κ2) is 48.3. The van der Waals surface area contributed by atoms with Crippen molar-refractivity contribution in [3.8, 4) is 0 Å². The molecule has 0 fully saturated rings. The number of carbonyl (C=O) groups excluding carboxylic acids is 3. The second-order valence-corrected chi connectivity index (χ2v) is 20.8. The van der Waals surface area contributed by atoms with E-state index in [0.29, 0.717) is 19.3 Å². The predicted molar refractivity (Wildman–Crippen MR) is 270 cm³/mol. The Balaban J connectivity index is 4.32. The minimum Gasteiger partial charge on any atom is -0.462 e. The van der Waals surface area contributed by atoms with Crippen molar-refractivity contribution >= 4 is 17.9 Å². The topological polar surface area (TPSA) is 78.9 Å². The summed E-state index contributed by atoms with van der Waals surface area (Å²) in [5.41, 5.74) is 0. The van der Waals surface area contributed by atoms with Crippen molar-refractivity contribution in [2.75, 3.05) is 13.2 Å². The lowest BCUT2D eigenvalue weighted by Crippen LogP contribution is -2.30. The molecule has 0 aromatic rings. The van der Waals surface area contributed by atoms with Crippen molar-refractivity contribution in [2.24, 2.45) is 17.8 Å². The van der Waals surface area contributed by atoms with Crippen molar-refractivity contribution in [2.45, 2.75) is 317 Å². The van der Waals surface area contributed by atoms with Crippen molar-refractivity contribution in [1.82, 2.24) is 0 Å². The van der Waals surface area contributed by atoms with Gasteiger partial charge in [0.25, 0.3) is 0 Å². The summed E-state index contributed by atoms with van der Waals surface area (Å²) < 4.78 is 16.9. The number of hydrogen-bond donors (Lipinski definition) is 0. The normalized spacial score (nSPS) is 12.6. The van der Waals surface area contributed by atoms with Gasteiger partial charge in [-0.05, 0) is 37.0 Å². The molecule has 0 N–H and O–H groups in total. The highest BCUT2D eigenvalue weighted by Gasteiger charge is 2.19. The standard InChI is InChI=1S/C57H110O6/c1-7-53(6)45-39-33-27-21-17-18-23-29-35-41-47-56(59)62-50-54(49-61-55(58)46-40-34-28-22-15-12-11-14-20-26-32-38-44-52(4)5)63-57(60)48-42-36-30-24-16-10-8-9-13-19-25-31-37-43-51(2)3/h51-54H,7-50H2,1-6H3/t53?,54-/m1/s1. The smallest absolute Gasteiger partial charge is 0.306 e. The van der Waals surface area contributed by atoms with E-state index >= 15 is 0 Å². The summed E-state index contributed by atoms with van der Waals surface area (Å²) in [6, 6.07) is 0. The van der Waals surface area contributed by atoms with Gasteiger partial charge in [-0.2, -0.15) is 0 Å². The number of carbonyl (C=O) groups is 3. The summed E-state index contributed by atoms with van der Waals surface area (Å²) in [4.78, 5) is 38.1. The highest BCUT2D eigenvalue weighted by atomic mass is 16.6. The molecule has 0 spiro atoms. The van der Waals surface area contributed by atoms with Gasteiger partial charge in [-0.3, -0.25) is 14.4 Å². The summed E-state index contributed by atoms with van der Waals surface area (Å²) >= 11 is 0. The third-order valence-corrected chi connectivity index (χ3v) is 13.3. The number of esters is 3. The van der Waals surface area contributed by atoms with Crippen molar-refractivity contribution < 1.29 is 28.6 Å². The molecule has 0 aromatic carbocycles. The molecular weight excluding hydrogens is 781 g/mol. The molecule has 0 aromatic heterocycles. The predicted octanol–water partition coefficient (Wildman–Crippen LogP) is 18.3. The Hall–Kier alpha value is -1.59. The summed E-state index contributed by atoms with van der Waals surface area (Å²) in [5.74, 6) is 1.70. The molecule has 1 unspecified atom stereocenters. The average molecular weight is 892 g/mol. The minimum absolute atomic E-state index is 0.0639. The van der Waals surface area contributed by atoms with Crippen LogP contribution in [0, 0.1) is 17.8 Å². The molecule has 63 heavy (non-hydrogen) atoms. The van der Waals surface area contributed by atoms with Crippen LogP contribution in [0.2, 0.25) is 0 Å². The Labute approximate surface area is 393 Å². The molecule has 0 bridgehead atoms. The Morgan fingerprint density at radius 1 is 0.317 bits per heavy atom. The van der Waals surface area contributed by atoms with Crippen LogP contribution in [0.3, 0.4) is 0 Å². The van der Waals surface area contributed by atoms with E-state index in [0.717, 1.165) is 75.5 Å². The van der Waals surface area contributed by atoms with E-state index in [-0.39, 0.29) is 31.1 Å². The summed E-state index contributed by atoms with van der Waals surface area (Å²) in [7, 11) is 0. The quantitative estimate of drug-likeness (QED) is 0.0344. The van der Waals surface area contributed by atoms with Crippen molar-refractivity contribution in [1.29, 1.82) is 0 Å². The Morgan fingerprint density at radius 3 is 0.825 bits per heavy atom. The molecular formula is C57H110O6. The summed E-state index contributed by atoms with van der Waals surface area (Å²) in [5, 5.41) is 0. The van der Waals surface area contributed by atoms with Crippen LogP contribution in [0.1, 0.15) is 311 Å². The molecule has 0 rings (SSSR count). The first-order valence-electron chi connectivity index (χ1n) is 28.1. The Bertz CT molecular complexity index is 978. The molecule has 0 heterocycles. The van der Waals surface area contributed by atoms with E-state index in [1.54, 1.807) is 0 Å². The lowest BCUT2D eigenvalue weighted by atomic mass is 9.99. The number of ether oxygens (including phenoxy) is 3. The zero-order chi connectivity index (χ0) is 46.3. The van der Waals surface area contributed by atoms with Gasteiger partial charge < -0.3 is 14.2 Å². The number of unbranched alkanes of at least 4 members (excludes halogenated alkanes) is 32. The van der Waals surface area contributed by atoms with Crippen LogP contribution in [0.15, 0.2) is 0 Å². The summed E-state index contributed by atoms with van der Waals surface area (Å²) in [6.07, 6.45) is 49.4. The fourth-order valence-corrected chi connectivity index (χ4v) is 8.61. The average Bonchev–Trinajstić information content (AvgIpc) is 3.25. The highest BCUT2D eigenvalue weighted by Crippen LogP contribution is 2.18.